The van der Waals surface area contributed by atoms with Gasteiger partial charge < -0.3 is 24.5 Å². The van der Waals surface area contributed by atoms with Crippen LogP contribution in [0.25, 0.3) is 0 Å². The van der Waals surface area contributed by atoms with E-state index in [4.69, 9.17) is 13.9 Å². The number of nitrogens with one attached hydrogen (secondary N) is 2. The molecule has 146 valence electrons. The third-order valence-electron chi connectivity index (χ3n) is 4.05. The van der Waals surface area contributed by atoms with Crippen molar-refractivity contribution in [2.24, 2.45) is 7.05 Å². The average molecular weight is 384 g/mol. The molecule has 9 heteroatoms. The predicted octanol–water partition coefficient (Wildman–Crippen LogP) is 2.21. The molecule has 0 saturated carbocycles. The van der Waals surface area contributed by atoms with Crippen molar-refractivity contribution in [1.82, 2.24) is 15.1 Å². The highest BCUT2D eigenvalue weighted by Crippen LogP contribution is 2.28. The number of methoxy groups -OCH3 is 2. The number of amides is 2. The second kappa shape index (κ2) is 8.30. The molecule has 0 aliphatic rings. The van der Waals surface area contributed by atoms with E-state index in [-0.39, 0.29) is 18.1 Å². The second-order valence-corrected chi connectivity index (χ2v) is 5.82. The molecular formula is C19H20N4O5. The molecule has 0 radical (unpaired) electrons. The number of aryl methyl sites for hydroxylation is 1. The van der Waals surface area contributed by atoms with Gasteiger partial charge in [-0.2, -0.15) is 5.10 Å². The van der Waals surface area contributed by atoms with Gasteiger partial charge in [-0.1, -0.05) is 0 Å². The number of carbonyl (C=O) groups excluding carboxylic acids is 2. The van der Waals surface area contributed by atoms with Crippen molar-refractivity contribution < 1.29 is 23.5 Å². The van der Waals surface area contributed by atoms with Gasteiger partial charge in [0.05, 0.1) is 38.9 Å². The maximum atomic E-state index is 12.6. The molecule has 0 bridgehead atoms. The van der Waals surface area contributed by atoms with Crippen molar-refractivity contribution in [3.05, 3.63) is 59.8 Å². The minimum absolute atomic E-state index is 0.222. The van der Waals surface area contributed by atoms with Crippen LogP contribution >= 0.6 is 0 Å². The van der Waals surface area contributed by atoms with Crippen LogP contribution in [0.15, 0.2) is 47.2 Å². The molecule has 2 aromatic heterocycles. The molecule has 28 heavy (non-hydrogen) atoms. The monoisotopic (exact) mass is 384 g/mol. The van der Waals surface area contributed by atoms with Gasteiger partial charge in [-0.3, -0.25) is 14.3 Å². The number of aromatic nitrogens is 2. The number of furan rings is 1. The molecule has 2 amide bonds. The summed E-state index contributed by atoms with van der Waals surface area (Å²) in [5.41, 5.74) is 0.864. The highest BCUT2D eigenvalue weighted by Gasteiger charge is 2.20. The van der Waals surface area contributed by atoms with Crippen LogP contribution in [0.5, 0.6) is 11.5 Å². The van der Waals surface area contributed by atoms with E-state index in [9.17, 15) is 9.59 Å². The smallest absolute Gasteiger partial charge is 0.272 e. The lowest BCUT2D eigenvalue weighted by molar-refractivity contribution is 0.0939. The van der Waals surface area contributed by atoms with Crippen LogP contribution in [0.3, 0.4) is 0 Å². The normalized spacial score (nSPS) is 10.4. The summed E-state index contributed by atoms with van der Waals surface area (Å²) >= 11 is 0. The molecule has 0 aliphatic heterocycles. The number of ether oxygens (including phenoxy) is 2. The maximum absolute atomic E-state index is 12.6. The zero-order valence-electron chi connectivity index (χ0n) is 15.7. The van der Waals surface area contributed by atoms with Gasteiger partial charge in [0.2, 0.25) is 0 Å². The Kier molecular flexibility index (Phi) is 5.64. The maximum Gasteiger partial charge on any atom is 0.272 e. The zero-order valence-corrected chi connectivity index (χ0v) is 15.7. The Hall–Kier alpha value is -3.75. The van der Waals surface area contributed by atoms with E-state index in [2.05, 4.69) is 15.7 Å². The zero-order chi connectivity index (χ0) is 20.1. The van der Waals surface area contributed by atoms with Crippen LogP contribution in [-0.2, 0) is 13.6 Å². The number of anilines is 1. The molecule has 2 heterocycles. The molecule has 3 aromatic rings. The van der Waals surface area contributed by atoms with E-state index in [1.54, 1.807) is 37.4 Å². The van der Waals surface area contributed by atoms with Crippen molar-refractivity contribution >= 4 is 17.5 Å². The molecule has 1 aromatic carbocycles. The molecule has 0 saturated heterocycles. The van der Waals surface area contributed by atoms with Gasteiger partial charge in [0.25, 0.3) is 11.8 Å². The lowest BCUT2D eigenvalue weighted by Gasteiger charge is -2.11. The van der Waals surface area contributed by atoms with Crippen LogP contribution < -0.4 is 20.1 Å². The summed E-state index contributed by atoms with van der Waals surface area (Å²) in [5, 5.41) is 9.50. The van der Waals surface area contributed by atoms with E-state index in [0.29, 0.717) is 28.5 Å². The number of benzene rings is 1. The minimum Gasteiger partial charge on any atom is -0.493 e. The Morgan fingerprint density at radius 3 is 2.61 bits per heavy atom. The van der Waals surface area contributed by atoms with Gasteiger partial charge in [0, 0.05) is 12.6 Å². The Bertz CT molecular complexity index is 978. The van der Waals surface area contributed by atoms with Crippen LogP contribution in [-0.4, -0.2) is 35.8 Å². The third-order valence-corrected chi connectivity index (χ3v) is 4.05. The molecule has 3 rings (SSSR count). The molecule has 0 atom stereocenters. The number of hydrogen-bond donors (Lipinski definition) is 2. The summed E-state index contributed by atoms with van der Waals surface area (Å²) in [4.78, 5) is 25.2. The number of rotatable bonds is 7. The van der Waals surface area contributed by atoms with E-state index in [0.717, 1.165) is 0 Å². The van der Waals surface area contributed by atoms with Crippen LogP contribution in [0.2, 0.25) is 0 Å². The summed E-state index contributed by atoms with van der Waals surface area (Å²) in [6.07, 6.45) is 2.95. The standard InChI is InChI=1S/C19H20N4O5/c1-23-17(19(25)20-10-13-5-4-8-28-13)14(11-21-23)22-18(24)12-6-7-15(26-2)16(9-12)27-3/h4-9,11H,10H2,1-3H3,(H,20,25)(H,22,24). The lowest BCUT2D eigenvalue weighted by Crippen LogP contribution is -2.26. The van der Waals surface area contributed by atoms with Gasteiger partial charge in [0.1, 0.15) is 11.5 Å². The first-order valence-corrected chi connectivity index (χ1v) is 8.39. The molecule has 2 N–H and O–H groups in total. The first kappa shape index (κ1) is 19.0. The van der Waals surface area contributed by atoms with Gasteiger partial charge in [0.15, 0.2) is 11.5 Å². The quantitative estimate of drug-likeness (QED) is 0.647. The van der Waals surface area contributed by atoms with Gasteiger partial charge in [-0.25, -0.2) is 0 Å². The first-order valence-electron chi connectivity index (χ1n) is 8.39. The fourth-order valence-corrected chi connectivity index (χ4v) is 2.63. The highest BCUT2D eigenvalue weighted by molar-refractivity contribution is 6.08. The number of hydrogen-bond acceptors (Lipinski definition) is 6. The Balaban J connectivity index is 1.76. The molecular weight excluding hydrogens is 364 g/mol. The molecule has 0 spiro atoms. The van der Waals surface area contributed by atoms with Crippen LogP contribution in [0.1, 0.15) is 26.6 Å². The number of nitrogens with zero attached hydrogens (tertiary/aromatic N) is 2. The van der Waals surface area contributed by atoms with E-state index in [1.165, 1.54) is 31.4 Å². The largest absolute Gasteiger partial charge is 0.493 e. The van der Waals surface area contributed by atoms with Gasteiger partial charge in [-0.15, -0.1) is 0 Å². The first-order chi connectivity index (χ1) is 13.5. The fourth-order valence-electron chi connectivity index (χ4n) is 2.63. The Morgan fingerprint density at radius 1 is 1.14 bits per heavy atom. The fraction of sp³-hybridized carbons (Fsp3) is 0.211. The average Bonchev–Trinajstić information content (AvgIpc) is 3.35. The third kappa shape index (κ3) is 3.98. The molecule has 0 aliphatic carbocycles. The summed E-state index contributed by atoms with van der Waals surface area (Å²) in [5.74, 6) is 0.760. The van der Waals surface area contributed by atoms with Gasteiger partial charge >= 0.3 is 0 Å². The topological polar surface area (TPSA) is 108 Å². The summed E-state index contributed by atoms with van der Waals surface area (Å²) in [6, 6.07) is 8.28. The van der Waals surface area contributed by atoms with Crippen molar-refractivity contribution in [3.8, 4) is 11.5 Å². The molecule has 9 nitrogen and oxygen atoms in total. The summed E-state index contributed by atoms with van der Waals surface area (Å²) < 4.78 is 17.0. The van der Waals surface area contributed by atoms with Crippen LogP contribution in [0.4, 0.5) is 5.69 Å². The number of carbonyl (C=O) groups is 2. The van der Waals surface area contributed by atoms with Gasteiger partial charge in [-0.05, 0) is 30.3 Å². The minimum atomic E-state index is -0.408. The molecule has 0 fully saturated rings. The van der Waals surface area contributed by atoms with E-state index < -0.39 is 5.91 Å². The Labute approximate surface area is 161 Å². The predicted molar refractivity (Wildman–Crippen MR) is 101 cm³/mol. The highest BCUT2D eigenvalue weighted by atomic mass is 16.5. The van der Waals surface area contributed by atoms with Crippen molar-refractivity contribution in [2.45, 2.75) is 6.54 Å². The summed E-state index contributed by atoms with van der Waals surface area (Å²) in [7, 11) is 4.62. The van der Waals surface area contributed by atoms with Crippen LogP contribution in [0, 0.1) is 0 Å². The second-order valence-electron chi connectivity index (χ2n) is 5.82. The van der Waals surface area contributed by atoms with Crippen molar-refractivity contribution in [1.29, 1.82) is 0 Å². The van der Waals surface area contributed by atoms with Crippen molar-refractivity contribution in [3.63, 3.8) is 0 Å². The van der Waals surface area contributed by atoms with E-state index >= 15 is 0 Å². The van der Waals surface area contributed by atoms with Crippen molar-refractivity contribution in [2.75, 3.05) is 19.5 Å². The lowest BCUT2D eigenvalue weighted by atomic mass is 10.2. The SMILES string of the molecule is COc1ccc(C(=O)Nc2cnn(C)c2C(=O)NCc2ccco2)cc1OC. The molecule has 0 unspecified atom stereocenters. The summed E-state index contributed by atoms with van der Waals surface area (Å²) in [6.45, 7) is 0.222. The Morgan fingerprint density at radius 2 is 1.93 bits per heavy atom. The van der Waals surface area contributed by atoms with E-state index in [1.807, 2.05) is 0 Å².